The van der Waals surface area contributed by atoms with Crippen molar-refractivity contribution < 1.29 is 8.78 Å². The standard InChI is InChI=1S/C12H13F2N3/c1-8-10(5-15)7-17(16-8)6-9-2-11(13)4-12(14)3-9/h2-4,7H,5-6,15H2,1H3. The number of hydrogen-bond donors (Lipinski definition) is 1. The summed E-state index contributed by atoms with van der Waals surface area (Å²) < 4.78 is 27.6. The first-order valence-electron chi connectivity index (χ1n) is 5.26. The highest BCUT2D eigenvalue weighted by Crippen LogP contribution is 2.11. The van der Waals surface area contributed by atoms with Crippen LogP contribution in [0, 0.1) is 18.6 Å². The molecule has 0 aliphatic carbocycles. The quantitative estimate of drug-likeness (QED) is 0.887. The van der Waals surface area contributed by atoms with Gasteiger partial charge in [-0.05, 0) is 24.6 Å². The summed E-state index contributed by atoms with van der Waals surface area (Å²) in [6, 6.07) is 3.44. The molecule has 1 heterocycles. The molecule has 5 heteroatoms. The third-order valence-electron chi connectivity index (χ3n) is 2.53. The molecule has 0 saturated heterocycles. The smallest absolute Gasteiger partial charge is 0.126 e. The lowest BCUT2D eigenvalue weighted by molar-refractivity contribution is 0.574. The van der Waals surface area contributed by atoms with Crippen LogP contribution in [0.2, 0.25) is 0 Å². The molecule has 0 amide bonds. The molecule has 0 bridgehead atoms. The molecule has 0 aliphatic rings. The number of halogens is 2. The van der Waals surface area contributed by atoms with Gasteiger partial charge in [-0.1, -0.05) is 0 Å². The molecule has 17 heavy (non-hydrogen) atoms. The van der Waals surface area contributed by atoms with Gasteiger partial charge in [-0.25, -0.2) is 8.78 Å². The van der Waals surface area contributed by atoms with Gasteiger partial charge in [0, 0.05) is 24.4 Å². The Labute approximate surface area is 97.9 Å². The van der Waals surface area contributed by atoms with E-state index in [9.17, 15) is 8.78 Å². The fraction of sp³-hybridized carbons (Fsp3) is 0.250. The zero-order valence-corrected chi connectivity index (χ0v) is 9.45. The van der Waals surface area contributed by atoms with Crippen molar-refractivity contribution in [2.24, 2.45) is 5.73 Å². The second-order valence-corrected chi connectivity index (χ2v) is 3.92. The maximum Gasteiger partial charge on any atom is 0.126 e. The van der Waals surface area contributed by atoms with Crippen molar-refractivity contribution in [3.05, 3.63) is 52.9 Å². The highest BCUT2D eigenvalue weighted by atomic mass is 19.1. The summed E-state index contributed by atoms with van der Waals surface area (Å²) in [5.74, 6) is -1.16. The van der Waals surface area contributed by atoms with Crippen LogP contribution in [-0.2, 0) is 13.1 Å². The molecule has 0 aliphatic heterocycles. The summed E-state index contributed by atoms with van der Waals surface area (Å²) >= 11 is 0. The molecule has 0 unspecified atom stereocenters. The van der Waals surface area contributed by atoms with Crippen LogP contribution in [-0.4, -0.2) is 9.78 Å². The molecular formula is C12H13F2N3. The fourth-order valence-corrected chi connectivity index (χ4v) is 1.73. The number of nitrogens with zero attached hydrogens (tertiary/aromatic N) is 2. The van der Waals surface area contributed by atoms with Gasteiger partial charge in [-0.15, -0.1) is 0 Å². The second kappa shape index (κ2) is 4.63. The van der Waals surface area contributed by atoms with E-state index in [1.807, 2.05) is 6.92 Å². The van der Waals surface area contributed by atoms with Crippen molar-refractivity contribution in [3.8, 4) is 0 Å². The summed E-state index contributed by atoms with van der Waals surface area (Å²) in [5.41, 5.74) is 7.84. The average molecular weight is 237 g/mol. The molecule has 0 spiro atoms. The lowest BCUT2D eigenvalue weighted by atomic mass is 10.2. The van der Waals surface area contributed by atoms with Crippen LogP contribution in [0.1, 0.15) is 16.8 Å². The summed E-state index contributed by atoms with van der Waals surface area (Å²) in [6.07, 6.45) is 1.79. The largest absolute Gasteiger partial charge is 0.326 e. The molecule has 90 valence electrons. The van der Waals surface area contributed by atoms with Gasteiger partial charge in [-0.3, -0.25) is 4.68 Å². The highest BCUT2D eigenvalue weighted by molar-refractivity contribution is 5.20. The second-order valence-electron chi connectivity index (χ2n) is 3.92. The lowest BCUT2D eigenvalue weighted by Gasteiger charge is -2.02. The molecule has 0 saturated carbocycles. The van der Waals surface area contributed by atoms with Crippen LogP contribution in [0.25, 0.3) is 0 Å². The molecule has 3 nitrogen and oxygen atoms in total. The maximum atomic E-state index is 13.0. The first-order chi connectivity index (χ1) is 8.08. The highest BCUT2D eigenvalue weighted by Gasteiger charge is 2.05. The van der Waals surface area contributed by atoms with Crippen LogP contribution < -0.4 is 5.73 Å². The van der Waals surface area contributed by atoms with Crippen LogP contribution in [0.3, 0.4) is 0 Å². The molecule has 2 rings (SSSR count). The SMILES string of the molecule is Cc1nn(Cc2cc(F)cc(F)c2)cc1CN. The van der Waals surface area contributed by atoms with E-state index in [2.05, 4.69) is 5.10 Å². The molecule has 2 N–H and O–H groups in total. The van der Waals surface area contributed by atoms with E-state index < -0.39 is 11.6 Å². The van der Waals surface area contributed by atoms with Gasteiger partial charge in [0.2, 0.25) is 0 Å². The predicted molar refractivity (Wildman–Crippen MR) is 60.3 cm³/mol. The van der Waals surface area contributed by atoms with Gasteiger partial charge < -0.3 is 5.73 Å². The van der Waals surface area contributed by atoms with Crippen molar-refractivity contribution in [1.29, 1.82) is 0 Å². The Morgan fingerprint density at radius 3 is 2.41 bits per heavy atom. The van der Waals surface area contributed by atoms with Crippen LogP contribution >= 0.6 is 0 Å². The fourth-order valence-electron chi connectivity index (χ4n) is 1.73. The van der Waals surface area contributed by atoms with Gasteiger partial charge >= 0.3 is 0 Å². The van der Waals surface area contributed by atoms with Crippen molar-refractivity contribution in [1.82, 2.24) is 9.78 Å². The van der Waals surface area contributed by atoms with Gasteiger partial charge in [0.05, 0.1) is 12.2 Å². The van der Waals surface area contributed by atoms with E-state index in [0.29, 0.717) is 18.7 Å². The van der Waals surface area contributed by atoms with E-state index in [-0.39, 0.29) is 0 Å². The number of aryl methyl sites for hydroxylation is 1. The zero-order chi connectivity index (χ0) is 12.4. The maximum absolute atomic E-state index is 13.0. The summed E-state index contributed by atoms with van der Waals surface area (Å²) in [6.45, 7) is 2.59. The number of rotatable bonds is 3. The number of aromatic nitrogens is 2. The normalized spacial score (nSPS) is 10.8. The Morgan fingerprint density at radius 2 is 1.88 bits per heavy atom. The van der Waals surface area contributed by atoms with Gasteiger partial charge in [0.25, 0.3) is 0 Å². The van der Waals surface area contributed by atoms with E-state index in [4.69, 9.17) is 5.73 Å². The zero-order valence-electron chi connectivity index (χ0n) is 9.45. The third-order valence-corrected chi connectivity index (χ3v) is 2.53. The molecule has 0 fully saturated rings. The number of benzene rings is 1. The number of hydrogen-bond acceptors (Lipinski definition) is 2. The van der Waals surface area contributed by atoms with Crippen LogP contribution in [0.4, 0.5) is 8.78 Å². The average Bonchev–Trinajstić information content (AvgIpc) is 2.57. The Morgan fingerprint density at radius 1 is 1.24 bits per heavy atom. The molecule has 1 aromatic heterocycles. The van der Waals surface area contributed by atoms with Gasteiger partial charge in [-0.2, -0.15) is 5.10 Å². The monoisotopic (exact) mass is 237 g/mol. The minimum absolute atomic E-state index is 0.329. The first kappa shape index (κ1) is 11.7. The van der Waals surface area contributed by atoms with E-state index >= 15 is 0 Å². The Balaban J connectivity index is 2.24. The minimum Gasteiger partial charge on any atom is -0.326 e. The lowest BCUT2D eigenvalue weighted by Crippen LogP contribution is -2.01. The number of nitrogens with two attached hydrogens (primary N) is 1. The Hall–Kier alpha value is -1.75. The predicted octanol–water partition coefficient (Wildman–Crippen LogP) is 1.98. The van der Waals surface area contributed by atoms with E-state index in [1.165, 1.54) is 12.1 Å². The van der Waals surface area contributed by atoms with E-state index in [0.717, 1.165) is 17.3 Å². The van der Waals surface area contributed by atoms with Gasteiger partial charge in [0.15, 0.2) is 0 Å². The Kier molecular flexibility index (Phi) is 3.19. The molecule has 0 radical (unpaired) electrons. The van der Waals surface area contributed by atoms with Gasteiger partial charge in [0.1, 0.15) is 11.6 Å². The summed E-state index contributed by atoms with van der Waals surface area (Å²) in [5, 5.41) is 4.23. The molecule has 2 aromatic rings. The first-order valence-corrected chi connectivity index (χ1v) is 5.26. The molecular weight excluding hydrogens is 224 g/mol. The van der Waals surface area contributed by atoms with Crippen molar-refractivity contribution in [2.75, 3.05) is 0 Å². The van der Waals surface area contributed by atoms with Crippen LogP contribution in [0.5, 0.6) is 0 Å². The van der Waals surface area contributed by atoms with E-state index in [1.54, 1.807) is 10.9 Å². The summed E-state index contributed by atoms with van der Waals surface area (Å²) in [7, 11) is 0. The molecule has 1 aromatic carbocycles. The summed E-state index contributed by atoms with van der Waals surface area (Å²) in [4.78, 5) is 0. The van der Waals surface area contributed by atoms with Crippen molar-refractivity contribution >= 4 is 0 Å². The molecule has 0 atom stereocenters. The third kappa shape index (κ3) is 2.68. The topological polar surface area (TPSA) is 43.8 Å². The minimum atomic E-state index is -0.581. The Bertz CT molecular complexity index is 514. The van der Waals surface area contributed by atoms with Crippen molar-refractivity contribution in [3.63, 3.8) is 0 Å². The van der Waals surface area contributed by atoms with Crippen LogP contribution in [0.15, 0.2) is 24.4 Å². The van der Waals surface area contributed by atoms with Crippen molar-refractivity contribution in [2.45, 2.75) is 20.0 Å².